The van der Waals surface area contributed by atoms with Gasteiger partial charge in [-0.25, -0.2) is 4.79 Å². The predicted octanol–water partition coefficient (Wildman–Crippen LogP) is 6.64. The van der Waals surface area contributed by atoms with E-state index in [0.717, 1.165) is 33.4 Å². The minimum absolute atomic E-state index is 0.285. The third-order valence-corrected chi connectivity index (χ3v) is 5.89. The summed E-state index contributed by atoms with van der Waals surface area (Å²) in [7, 11) is 0. The van der Waals surface area contributed by atoms with Crippen LogP contribution < -0.4 is 0 Å². The summed E-state index contributed by atoms with van der Waals surface area (Å²) >= 11 is 0. The molecule has 2 aliphatic carbocycles. The number of esters is 2. The van der Waals surface area contributed by atoms with Gasteiger partial charge in [0.2, 0.25) is 0 Å². The van der Waals surface area contributed by atoms with E-state index in [0.29, 0.717) is 12.2 Å². The summed E-state index contributed by atoms with van der Waals surface area (Å²) in [5, 5.41) is 0. The first-order chi connectivity index (χ1) is 16.5. The van der Waals surface area contributed by atoms with Crippen molar-refractivity contribution >= 4 is 11.9 Å². The van der Waals surface area contributed by atoms with Crippen molar-refractivity contribution < 1.29 is 19.1 Å². The minimum atomic E-state index is -0.625. The summed E-state index contributed by atoms with van der Waals surface area (Å²) in [6.45, 7) is 6.24. The molecule has 4 rings (SSSR count). The van der Waals surface area contributed by atoms with Crippen LogP contribution in [0.15, 0.2) is 84.9 Å². The van der Waals surface area contributed by atoms with Crippen molar-refractivity contribution in [2.45, 2.75) is 26.7 Å². The third-order valence-electron chi connectivity index (χ3n) is 5.89. The second kappa shape index (κ2) is 10.3. The number of carbonyl (C=O) groups excluding carboxylic acids is 2. The highest BCUT2D eigenvalue weighted by atomic mass is 16.5. The first-order valence-electron chi connectivity index (χ1n) is 11.6. The van der Waals surface area contributed by atoms with Gasteiger partial charge < -0.3 is 9.47 Å². The van der Waals surface area contributed by atoms with Crippen LogP contribution in [0, 0.1) is 6.92 Å². The summed E-state index contributed by atoms with van der Waals surface area (Å²) in [5.41, 5.74) is 7.51. The van der Waals surface area contributed by atoms with Crippen LogP contribution in [0.1, 0.15) is 46.8 Å². The number of hydrogen-bond acceptors (Lipinski definition) is 4. The van der Waals surface area contributed by atoms with Gasteiger partial charge in [-0.3, -0.25) is 4.79 Å². The van der Waals surface area contributed by atoms with E-state index in [-0.39, 0.29) is 18.5 Å². The van der Waals surface area contributed by atoms with Crippen molar-refractivity contribution in [1.29, 1.82) is 0 Å². The molecular formula is C30H28O4. The molecule has 1 unspecified atom stereocenters. The summed E-state index contributed by atoms with van der Waals surface area (Å²) in [5.74, 6) is -1.32. The van der Waals surface area contributed by atoms with Crippen LogP contribution in [0.25, 0.3) is 22.3 Å². The van der Waals surface area contributed by atoms with Gasteiger partial charge in [-0.05, 0) is 72.4 Å². The Hall–Kier alpha value is -3.92. The summed E-state index contributed by atoms with van der Waals surface area (Å²) in [6, 6.07) is 27.6. The fraction of sp³-hybridized carbons (Fsp3) is 0.200. The lowest BCUT2D eigenvalue weighted by Gasteiger charge is -2.17. The SMILES string of the molecule is CCOC(=O)c1ccc(C(C(=O)OCC)c2cc(-c3ccc(C)cc3)c3cccccc2-3)cc1. The Balaban J connectivity index is 1.86. The zero-order chi connectivity index (χ0) is 24.1. The Morgan fingerprint density at radius 3 is 2.03 bits per heavy atom. The maximum absolute atomic E-state index is 13.3. The molecule has 172 valence electrons. The average Bonchev–Trinajstić information content (AvgIpc) is 3.01. The van der Waals surface area contributed by atoms with Crippen molar-refractivity contribution in [2.24, 2.45) is 0 Å². The van der Waals surface area contributed by atoms with Crippen LogP contribution in [0.3, 0.4) is 0 Å². The molecule has 0 aliphatic heterocycles. The lowest BCUT2D eigenvalue weighted by atomic mass is 9.89. The van der Waals surface area contributed by atoms with Crippen molar-refractivity contribution in [2.75, 3.05) is 13.2 Å². The zero-order valence-electron chi connectivity index (χ0n) is 19.7. The van der Waals surface area contributed by atoms with Crippen LogP contribution in [0.2, 0.25) is 0 Å². The first-order valence-corrected chi connectivity index (χ1v) is 11.6. The number of hydrogen-bond donors (Lipinski definition) is 0. The molecule has 0 fully saturated rings. The average molecular weight is 453 g/mol. The van der Waals surface area contributed by atoms with Crippen molar-refractivity contribution in [3.05, 3.63) is 107 Å². The second-order valence-corrected chi connectivity index (χ2v) is 8.14. The highest BCUT2D eigenvalue weighted by Gasteiger charge is 2.30. The standard InChI is InChI=1S/C30H28O4/c1-4-33-29(31)23-17-15-22(16-18-23)28(30(32)34-5-2)27-19-26(21-13-11-20(3)12-14-21)24-9-7-6-8-10-25(24)27/h6-19,28H,4-5H2,1-3H3. The molecule has 0 aromatic heterocycles. The number of fused-ring (bicyclic) bond motifs is 1. The minimum Gasteiger partial charge on any atom is -0.465 e. The summed E-state index contributed by atoms with van der Waals surface area (Å²) < 4.78 is 10.6. The van der Waals surface area contributed by atoms with Gasteiger partial charge in [0.15, 0.2) is 0 Å². The number of aryl methyl sites for hydroxylation is 1. The maximum atomic E-state index is 13.3. The van der Waals surface area contributed by atoms with Gasteiger partial charge >= 0.3 is 11.9 Å². The number of benzene rings is 2. The fourth-order valence-electron chi connectivity index (χ4n) is 4.25. The van der Waals surface area contributed by atoms with Gasteiger partial charge in [0.1, 0.15) is 5.92 Å². The second-order valence-electron chi connectivity index (χ2n) is 8.14. The van der Waals surface area contributed by atoms with Crippen molar-refractivity contribution in [3.8, 4) is 22.3 Å². The van der Waals surface area contributed by atoms with E-state index in [9.17, 15) is 9.59 Å². The van der Waals surface area contributed by atoms with Crippen LogP contribution in [0.4, 0.5) is 0 Å². The molecular weight excluding hydrogens is 424 g/mol. The van der Waals surface area contributed by atoms with Gasteiger partial charge in [-0.1, -0.05) is 72.3 Å². The maximum Gasteiger partial charge on any atom is 0.338 e. The molecule has 0 saturated heterocycles. The Kier molecular flexibility index (Phi) is 7.07. The molecule has 0 saturated carbocycles. The molecule has 0 N–H and O–H groups in total. The van der Waals surface area contributed by atoms with Crippen LogP contribution in [0.5, 0.6) is 0 Å². The normalized spacial score (nSPS) is 11.7. The van der Waals surface area contributed by atoms with Gasteiger partial charge in [0.25, 0.3) is 0 Å². The molecule has 0 bridgehead atoms. The largest absolute Gasteiger partial charge is 0.465 e. The lowest BCUT2D eigenvalue weighted by molar-refractivity contribution is -0.143. The number of rotatable bonds is 7. The van der Waals surface area contributed by atoms with Gasteiger partial charge in [0, 0.05) is 0 Å². The molecule has 0 spiro atoms. The highest BCUT2D eigenvalue weighted by Crippen LogP contribution is 2.43. The highest BCUT2D eigenvalue weighted by molar-refractivity contribution is 5.95. The van der Waals surface area contributed by atoms with E-state index in [1.54, 1.807) is 38.1 Å². The quantitative estimate of drug-likeness (QED) is 0.295. The summed E-state index contributed by atoms with van der Waals surface area (Å²) in [4.78, 5) is 25.4. The molecule has 0 heterocycles. The van der Waals surface area contributed by atoms with E-state index in [4.69, 9.17) is 9.47 Å². The van der Waals surface area contributed by atoms with E-state index in [1.165, 1.54) is 5.56 Å². The van der Waals surface area contributed by atoms with Crippen molar-refractivity contribution in [1.82, 2.24) is 0 Å². The Bertz CT molecular complexity index is 1260. The number of ether oxygens (including phenoxy) is 2. The van der Waals surface area contributed by atoms with Crippen molar-refractivity contribution in [3.63, 3.8) is 0 Å². The number of carbonyl (C=O) groups is 2. The van der Waals surface area contributed by atoms with Crippen LogP contribution in [-0.4, -0.2) is 25.2 Å². The van der Waals surface area contributed by atoms with E-state index in [1.807, 2.05) is 24.3 Å². The van der Waals surface area contributed by atoms with Gasteiger partial charge in [-0.2, -0.15) is 0 Å². The van der Waals surface area contributed by atoms with Crippen LogP contribution >= 0.6 is 0 Å². The van der Waals surface area contributed by atoms with Gasteiger partial charge in [0.05, 0.1) is 18.8 Å². The predicted molar refractivity (Wildman–Crippen MR) is 134 cm³/mol. The molecule has 0 amide bonds. The summed E-state index contributed by atoms with van der Waals surface area (Å²) in [6.07, 6.45) is 0. The lowest BCUT2D eigenvalue weighted by Crippen LogP contribution is -2.17. The Morgan fingerprint density at radius 1 is 0.735 bits per heavy atom. The van der Waals surface area contributed by atoms with Crippen LogP contribution in [-0.2, 0) is 14.3 Å². The molecule has 2 aromatic carbocycles. The molecule has 2 aromatic rings. The monoisotopic (exact) mass is 452 g/mol. The van der Waals surface area contributed by atoms with E-state index in [2.05, 4.69) is 43.3 Å². The Morgan fingerprint density at radius 2 is 1.38 bits per heavy atom. The topological polar surface area (TPSA) is 52.6 Å². The molecule has 34 heavy (non-hydrogen) atoms. The fourth-order valence-corrected chi connectivity index (χ4v) is 4.25. The molecule has 4 nitrogen and oxygen atoms in total. The van der Waals surface area contributed by atoms with Gasteiger partial charge in [-0.15, -0.1) is 0 Å². The van der Waals surface area contributed by atoms with E-state index < -0.39 is 5.92 Å². The third kappa shape index (κ3) is 4.72. The molecule has 1 atom stereocenters. The zero-order valence-corrected chi connectivity index (χ0v) is 19.7. The Labute approximate surface area is 200 Å². The molecule has 2 aliphatic rings. The smallest absolute Gasteiger partial charge is 0.338 e. The molecule has 0 radical (unpaired) electrons. The first kappa shape index (κ1) is 23.2. The van der Waals surface area contributed by atoms with E-state index >= 15 is 0 Å². The molecule has 4 heteroatoms.